The number of hydrogen-bond acceptors (Lipinski definition) is 5. The topological polar surface area (TPSA) is 76.1 Å². The molecule has 0 amide bonds. The van der Waals surface area contributed by atoms with E-state index >= 15 is 0 Å². The zero-order chi connectivity index (χ0) is 17.6. The van der Waals surface area contributed by atoms with E-state index in [0.29, 0.717) is 11.8 Å². The summed E-state index contributed by atoms with van der Waals surface area (Å²) in [5.41, 5.74) is -1.68. The van der Waals surface area contributed by atoms with Crippen molar-refractivity contribution in [3.05, 3.63) is 12.2 Å². The Hall–Kier alpha value is -1.20. The van der Waals surface area contributed by atoms with Crippen molar-refractivity contribution < 1.29 is 24.2 Å². The molecule has 0 aromatic carbocycles. The molecule has 1 N–H and O–H groups in total. The summed E-state index contributed by atoms with van der Waals surface area (Å²) in [6, 6.07) is 0. The average Bonchev–Trinajstić information content (AvgIpc) is 3.22. The summed E-state index contributed by atoms with van der Waals surface area (Å²) in [4.78, 5) is 23.5. The minimum Gasteiger partial charge on any atom is -0.462 e. The maximum atomic E-state index is 12.0. The molecular weight excluding hydrogens is 320 g/mol. The van der Waals surface area contributed by atoms with Crippen LogP contribution in [0.4, 0.5) is 0 Å². The molecule has 8 atom stereocenters. The number of epoxide rings is 1. The molecule has 25 heavy (non-hydrogen) atoms. The third-order valence-corrected chi connectivity index (χ3v) is 8.21. The van der Waals surface area contributed by atoms with Gasteiger partial charge in [0.15, 0.2) is 11.9 Å². The molecule has 5 rings (SSSR count). The van der Waals surface area contributed by atoms with E-state index in [2.05, 4.69) is 6.92 Å². The SMILES string of the molecule is CC(=O)O[C@H]1CC[C@@H]2[C@H]3CC[C@]45O[C@H]4C(=O)C=C[C@]5(O)[C@H]3CC[C@]12C. The second-order valence-corrected chi connectivity index (χ2v) is 9.08. The molecule has 136 valence electrons. The molecule has 4 fully saturated rings. The van der Waals surface area contributed by atoms with E-state index in [4.69, 9.17) is 9.47 Å². The zero-order valence-electron chi connectivity index (χ0n) is 14.9. The lowest BCUT2D eigenvalue weighted by molar-refractivity contribution is -0.167. The van der Waals surface area contributed by atoms with Crippen molar-refractivity contribution in [3.63, 3.8) is 0 Å². The van der Waals surface area contributed by atoms with Crippen molar-refractivity contribution in [1.29, 1.82) is 0 Å². The summed E-state index contributed by atoms with van der Waals surface area (Å²) in [5.74, 6) is 0.792. The van der Waals surface area contributed by atoms with Crippen molar-refractivity contribution in [2.75, 3.05) is 0 Å². The van der Waals surface area contributed by atoms with Crippen LogP contribution in [0.25, 0.3) is 0 Å². The van der Waals surface area contributed by atoms with Crippen molar-refractivity contribution in [3.8, 4) is 0 Å². The van der Waals surface area contributed by atoms with Crippen LogP contribution in [-0.4, -0.2) is 40.3 Å². The van der Waals surface area contributed by atoms with Gasteiger partial charge in [-0.05, 0) is 68.4 Å². The summed E-state index contributed by atoms with van der Waals surface area (Å²) in [6.45, 7) is 3.75. The Morgan fingerprint density at radius 2 is 2.04 bits per heavy atom. The highest BCUT2D eigenvalue weighted by Crippen LogP contribution is 2.67. The molecule has 0 aromatic rings. The molecule has 1 spiro atoms. The Kier molecular flexibility index (Phi) is 3.04. The zero-order valence-corrected chi connectivity index (χ0v) is 14.9. The average molecular weight is 346 g/mol. The summed E-state index contributed by atoms with van der Waals surface area (Å²) >= 11 is 0. The van der Waals surface area contributed by atoms with Crippen LogP contribution in [0.3, 0.4) is 0 Å². The van der Waals surface area contributed by atoms with E-state index in [-0.39, 0.29) is 29.2 Å². The van der Waals surface area contributed by atoms with Gasteiger partial charge in [-0.15, -0.1) is 0 Å². The molecule has 5 nitrogen and oxygen atoms in total. The summed E-state index contributed by atoms with van der Waals surface area (Å²) < 4.78 is 11.5. The van der Waals surface area contributed by atoms with Crippen molar-refractivity contribution in [2.24, 2.45) is 23.2 Å². The number of carbonyl (C=O) groups excluding carboxylic acids is 2. The van der Waals surface area contributed by atoms with Gasteiger partial charge in [0.2, 0.25) is 0 Å². The van der Waals surface area contributed by atoms with Gasteiger partial charge in [-0.1, -0.05) is 6.92 Å². The minimum atomic E-state index is -1.02. The van der Waals surface area contributed by atoms with Crippen LogP contribution in [0.15, 0.2) is 12.2 Å². The van der Waals surface area contributed by atoms with Crippen LogP contribution < -0.4 is 0 Å². The summed E-state index contributed by atoms with van der Waals surface area (Å²) in [5, 5.41) is 11.6. The van der Waals surface area contributed by atoms with Gasteiger partial charge in [-0.25, -0.2) is 0 Å². The van der Waals surface area contributed by atoms with E-state index in [1.54, 1.807) is 6.08 Å². The molecular formula is C20H26O5. The highest BCUT2D eigenvalue weighted by Gasteiger charge is 2.77. The summed E-state index contributed by atoms with van der Waals surface area (Å²) in [6.07, 6.45) is 8.35. The first kappa shape index (κ1) is 16.0. The Morgan fingerprint density at radius 3 is 2.80 bits per heavy atom. The van der Waals surface area contributed by atoms with E-state index in [9.17, 15) is 14.7 Å². The number of esters is 1. The molecule has 5 aliphatic rings. The highest BCUT2D eigenvalue weighted by atomic mass is 16.6. The first-order valence-corrected chi connectivity index (χ1v) is 9.62. The third kappa shape index (κ3) is 1.81. The second kappa shape index (κ2) is 4.74. The van der Waals surface area contributed by atoms with Crippen molar-refractivity contribution in [1.82, 2.24) is 0 Å². The molecule has 1 saturated heterocycles. The lowest BCUT2D eigenvalue weighted by Gasteiger charge is -2.56. The fourth-order valence-electron chi connectivity index (χ4n) is 7.00. The molecule has 5 heteroatoms. The first-order chi connectivity index (χ1) is 11.8. The second-order valence-electron chi connectivity index (χ2n) is 9.08. The Labute approximate surface area is 147 Å². The van der Waals surface area contributed by atoms with Crippen molar-refractivity contribution >= 4 is 11.8 Å². The Morgan fingerprint density at radius 1 is 1.24 bits per heavy atom. The number of ether oxygens (including phenoxy) is 2. The van der Waals surface area contributed by atoms with Crippen LogP contribution >= 0.6 is 0 Å². The number of aliphatic hydroxyl groups is 1. The largest absolute Gasteiger partial charge is 0.462 e. The fraction of sp³-hybridized carbons (Fsp3) is 0.800. The van der Waals surface area contributed by atoms with Crippen molar-refractivity contribution in [2.45, 2.75) is 75.8 Å². The lowest BCUT2D eigenvalue weighted by Crippen LogP contribution is -2.62. The van der Waals surface area contributed by atoms with Gasteiger partial charge >= 0.3 is 5.97 Å². The van der Waals surface area contributed by atoms with Gasteiger partial charge in [-0.3, -0.25) is 9.59 Å². The van der Waals surface area contributed by atoms with Crippen LogP contribution in [0, 0.1) is 23.2 Å². The monoisotopic (exact) mass is 346 g/mol. The molecule has 3 saturated carbocycles. The van der Waals surface area contributed by atoms with E-state index in [1.807, 2.05) is 0 Å². The number of fused-ring (bicyclic) bond motifs is 4. The normalized spacial score (nSPS) is 55.6. The Bertz CT molecular complexity index is 686. The highest BCUT2D eigenvalue weighted by molar-refractivity contribution is 5.98. The molecule has 0 unspecified atom stereocenters. The fourth-order valence-corrected chi connectivity index (χ4v) is 7.00. The van der Waals surface area contributed by atoms with E-state index in [0.717, 1.165) is 38.5 Å². The van der Waals surface area contributed by atoms with E-state index < -0.39 is 17.3 Å². The van der Waals surface area contributed by atoms with Gasteiger partial charge < -0.3 is 14.6 Å². The molecule has 0 radical (unpaired) electrons. The standard InChI is InChI=1S/C20H26O5/c1-11(21)24-16-4-3-13-12-5-10-20-17(25-20)15(22)7-9-19(20,23)14(12)6-8-18(13,16)2/h7,9,12-14,16-17,23H,3-6,8,10H2,1-2H3/t12-,13-,14+,16+,17+,18+,19+,20+/m1/s1. The molecule has 4 aliphatic carbocycles. The number of ketones is 1. The molecule has 0 aromatic heterocycles. The summed E-state index contributed by atoms with van der Waals surface area (Å²) in [7, 11) is 0. The quantitative estimate of drug-likeness (QED) is 0.582. The maximum absolute atomic E-state index is 12.0. The van der Waals surface area contributed by atoms with Gasteiger partial charge in [0.05, 0.1) is 0 Å². The van der Waals surface area contributed by atoms with Gasteiger partial charge in [-0.2, -0.15) is 0 Å². The number of hydrogen-bond donors (Lipinski definition) is 1. The predicted molar refractivity (Wildman–Crippen MR) is 88.5 cm³/mol. The molecule has 1 heterocycles. The van der Waals surface area contributed by atoms with Gasteiger partial charge in [0, 0.05) is 12.3 Å². The predicted octanol–water partition coefficient (Wildman–Crippen LogP) is 2.16. The number of carbonyl (C=O) groups is 2. The maximum Gasteiger partial charge on any atom is 0.302 e. The molecule has 0 bridgehead atoms. The van der Waals surface area contributed by atoms with Gasteiger partial charge in [0.1, 0.15) is 17.3 Å². The lowest BCUT2D eigenvalue weighted by atomic mass is 9.49. The van der Waals surface area contributed by atoms with Crippen LogP contribution in [0.1, 0.15) is 52.4 Å². The van der Waals surface area contributed by atoms with Crippen LogP contribution in [0.2, 0.25) is 0 Å². The van der Waals surface area contributed by atoms with E-state index in [1.165, 1.54) is 13.0 Å². The van der Waals surface area contributed by atoms with Gasteiger partial charge in [0.25, 0.3) is 0 Å². The first-order valence-electron chi connectivity index (χ1n) is 9.62. The minimum absolute atomic E-state index is 0.000406. The number of rotatable bonds is 1. The Balaban J connectivity index is 1.47. The third-order valence-electron chi connectivity index (χ3n) is 8.21. The van der Waals surface area contributed by atoms with Crippen LogP contribution in [0.5, 0.6) is 0 Å². The van der Waals surface area contributed by atoms with Crippen LogP contribution in [-0.2, 0) is 19.1 Å². The molecule has 1 aliphatic heterocycles. The smallest absolute Gasteiger partial charge is 0.302 e.